The van der Waals surface area contributed by atoms with Gasteiger partial charge >= 0.3 is 0 Å². The highest BCUT2D eigenvalue weighted by Gasteiger charge is 2.57. The van der Waals surface area contributed by atoms with Gasteiger partial charge in [0.05, 0.1) is 12.5 Å². The van der Waals surface area contributed by atoms with E-state index in [0.717, 1.165) is 43.6 Å². The van der Waals surface area contributed by atoms with Gasteiger partial charge in [-0.15, -0.1) is 0 Å². The first-order valence-corrected chi connectivity index (χ1v) is 7.21. The Bertz CT molecular complexity index is 538. The normalized spacial score (nSPS) is 23.1. The van der Waals surface area contributed by atoms with Crippen molar-refractivity contribution >= 4 is 11.6 Å². The van der Waals surface area contributed by atoms with Crippen molar-refractivity contribution in [2.45, 2.75) is 25.7 Å². The molecule has 2 aliphatic rings. The summed E-state index contributed by atoms with van der Waals surface area (Å²) in [5.74, 6) is 0.336. The number of benzene rings is 1. The highest BCUT2D eigenvalue weighted by Crippen LogP contribution is 2.58. The highest BCUT2D eigenvalue weighted by molar-refractivity contribution is 5.95. The number of hydrogen-bond acceptors (Lipinski definition) is 3. The molecule has 1 aromatic carbocycles. The molecule has 2 N–H and O–H groups in total. The fourth-order valence-electron chi connectivity index (χ4n) is 3.22. The van der Waals surface area contributed by atoms with Crippen molar-refractivity contribution in [1.82, 2.24) is 5.32 Å². The maximum Gasteiger partial charge on any atom is 0.228 e. The number of carbonyl (C=O) groups is 1. The lowest BCUT2D eigenvalue weighted by molar-refractivity contribution is -0.118. The van der Waals surface area contributed by atoms with E-state index in [1.165, 1.54) is 0 Å². The second kappa shape index (κ2) is 5.26. The van der Waals surface area contributed by atoms with Crippen molar-refractivity contribution in [3.05, 3.63) is 29.8 Å². The molecular weight excluding hydrogens is 250 g/mol. The number of nitrogens with zero attached hydrogens (tertiary/aromatic N) is 1. The Hall–Kier alpha value is -1.86. The molecule has 1 unspecified atom stereocenters. The fourth-order valence-corrected chi connectivity index (χ4v) is 3.22. The topological polar surface area (TPSA) is 64.9 Å². The van der Waals surface area contributed by atoms with Crippen molar-refractivity contribution in [1.29, 1.82) is 5.26 Å². The quantitative estimate of drug-likeness (QED) is 0.883. The smallest absolute Gasteiger partial charge is 0.228 e. The maximum atomic E-state index is 12.3. The number of nitriles is 1. The van der Waals surface area contributed by atoms with Crippen LogP contribution in [0.2, 0.25) is 0 Å². The van der Waals surface area contributed by atoms with Crippen molar-refractivity contribution in [3.8, 4) is 6.07 Å². The largest absolute Gasteiger partial charge is 0.326 e. The zero-order valence-electron chi connectivity index (χ0n) is 11.5. The molecule has 1 aromatic rings. The Labute approximate surface area is 119 Å². The van der Waals surface area contributed by atoms with Crippen LogP contribution in [0.1, 0.15) is 24.8 Å². The van der Waals surface area contributed by atoms with Crippen LogP contribution in [0.15, 0.2) is 24.3 Å². The second-order valence-electron chi connectivity index (χ2n) is 5.89. The van der Waals surface area contributed by atoms with Gasteiger partial charge in [-0.25, -0.2) is 0 Å². The summed E-state index contributed by atoms with van der Waals surface area (Å²) >= 11 is 0. The van der Waals surface area contributed by atoms with Crippen molar-refractivity contribution in [3.63, 3.8) is 0 Å². The molecule has 2 fully saturated rings. The minimum Gasteiger partial charge on any atom is -0.326 e. The maximum absolute atomic E-state index is 12.3. The average molecular weight is 269 g/mol. The van der Waals surface area contributed by atoms with Gasteiger partial charge in [-0.1, -0.05) is 12.1 Å². The minimum atomic E-state index is 0.153. The molecule has 1 aliphatic carbocycles. The van der Waals surface area contributed by atoms with Gasteiger partial charge in [0.15, 0.2) is 0 Å². The molecule has 0 bridgehead atoms. The van der Waals surface area contributed by atoms with Gasteiger partial charge in [0.2, 0.25) is 5.91 Å². The third-order valence-electron chi connectivity index (χ3n) is 4.61. The summed E-state index contributed by atoms with van der Waals surface area (Å²) < 4.78 is 0. The third-order valence-corrected chi connectivity index (χ3v) is 4.61. The summed E-state index contributed by atoms with van der Waals surface area (Å²) in [5.41, 5.74) is 2.08. The average Bonchev–Trinajstić information content (AvgIpc) is 3.16. The van der Waals surface area contributed by atoms with E-state index in [-0.39, 0.29) is 17.2 Å². The third kappa shape index (κ3) is 2.54. The summed E-state index contributed by atoms with van der Waals surface area (Å²) in [7, 11) is 0. The fraction of sp³-hybridized carbons (Fsp3) is 0.500. The second-order valence-corrected chi connectivity index (χ2v) is 5.89. The molecule has 4 nitrogen and oxygen atoms in total. The van der Waals surface area contributed by atoms with E-state index in [1.807, 2.05) is 24.3 Å². The van der Waals surface area contributed by atoms with Crippen LogP contribution in [-0.4, -0.2) is 19.0 Å². The first-order valence-electron chi connectivity index (χ1n) is 7.21. The standard InChI is InChI=1S/C16H19N3O/c17-8-5-12-1-3-13(4-2-12)19-15(20)14-11-16(14)6-9-18-10-7-16/h1-4,14,18H,5-7,9-11H2,(H,19,20). The number of rotatable bonds is 3. The number of carbonyl (C=O) groups excluding carboxylic acids is 1. The SMILES string of the molecule is N#CCc1ccc(NC(=O)C2CC23CCNCC3)cc1. The summed E-state index contributed by atoms with van der Waals surface area (Å²) in [6.07, 6.45) is 3.68. The number of nitrogens with one attached hydrogen (secondary N) is 2. The minimum absolute atomic E-state index is 0.153. The van der Waals surface area contributed by atoms with Crippen molar-refractivity contribution < 1.29 is 4.79 Å². The van der Waals surface area contributed by atoms with Gasteiger partial charge < -0.3 is 10.6 Å². The van der Waals surface area contributed by atoms with Crippen LogP contribution >= 0.6 is 0 Å². The molecule has 1 saturated heterocycles. The number of anilines is 1. The molecular formula is C16H19N3O. The van der Waals surface area contributed by atoms with E-state index < -0.39 is 0 Å². The van der Waals surface area contributed by atoms with Crippen molar-refractivity contribution in [2.24, 2.45) is 11.3 Å². The Morgan fingerprint density at radius 2 is 2.05 bits per heavy atom. The molecule has 1 atom stereocenters. The van der Waals surface area contributed by atoms with Crippen LogP contribution in [0, 0.1) is 22.7 Å². The van der Waals surface area contributed by atoms with Gasteiger partial charge in [0, 0.05) is 11.6 Å². The lowest BCUT2D eigenvalue weighted by Crippen LogP contribution is -2.31. The molecule has 1 spiro atoms. The van der Waals surface area contributed by atoms with E-state index in [0.29, 0.717) is 6.42 Å². The summed E-state index contributed by atoms with van der Waals surface area (Å²) in [6, 6.07) is 9.66. The van der Waals surface area contributed by atoms with E-state index in [1.54, 1.807) is 0 Å². The van der Waals surface area contributed by atoms with E-state index in [4.69, 9.17) is 5.26 Å². The van der Waals surface area contributed by atoms with Gasteiger partial charge in [-0.3, -0.25) is 4.79 Å². The van der Waals surface area contributed by atoms with Gasteiger partial charge in [-0.05, 0) is 55.5 Å². The summed E-state index contributed by atoms with van der Waals surface area (Å²) in [5, 5.41) is 15.0. The molecule has 0 radical (unpaired) electrons. The van der Waals surface area contributed by atoms with Crippen LogP contribution in [-0.2, 0) is 11.2 Å². The van der Waals surface area contributed by atoms with E-state index in [9.17, 15) is 4.79 Å². The van der Waals surface area contributed by atoms with Crippen molar-refractivity contribution in [2.75, 3.05) is 18.4 Å². The molecule has 4 heteroatoms. The Morgan fingerprint density at radius 1 is 1.35 bits per heavy atom. The van der Waals surface area contributed by atoms with Crippen LogP contribution < -0.4 is 10.6 Å². The van der Waals surface area contributed by atoms with E-state index >= 15 is 0 Å². The lowest BCUT2D eigenvalue weighted by atomic mass is 9.92. The summed E-state index contributed by atoms with van der Waals surface area (Å²) in [4.78, 5) is 12.3. The predicted octanol–water partition coefficient (Wildman–Crippen LogP) is 2.08. The molecule has 3 rings (SSSR count). The summed E-state index contributed by atoms with van der Waals surface area (Å²) in [6.45, 7) is 2.07. The first kappa shape index (κ1) is 13.1. The monoisotopic (exact) mass is 269 g/mol. The van der Waals surface area contributed by atoms with Crippen LogP contribution in [0.25, 0.3) is 0 Å². The van der Waals surface area contributed by atoms with Crippen LogP contribution in [0.5, 0.6) is 0 Å². The molecule has 1 saturated carbocycles. The van der Waals surface area contributed by atoms with Gasteiger partial charge in [-0.2, -0.15) is 5.26 Å². The van der Waals surface area contributed by atoms with E-state index in [2.05, 4.69) is 16.7 Å². The molecule has 20 heavy (non-hydrogen) atoms. The zero-order valence-corrected chi connectivity index (χ0v) is 11.5. The molecule has 1 aliphatic heterocycles. The predicted molar refractivity (Wildman–Crippen MR) is 77.0 cm³/mol. The van der Waals surface area contributed by atoms with Gasteiger partial charge in [0.25, 0.3) is 0 Å². The molecule has 1 amide bonds. The van der Waals surface area contributed by atoms with Gasteiger partial charge in [0.1, 0.15) is 0 Å². The number of hydrogen-bond donors (Lipinski definition) is 2. The Balaban J connectivity index is 1.58. The Kier molecular flexibility index (Phi) is 3.45. The molecule has 0 aromatic heterocycles. The first-order chi connectivity index (χ1) is 9.73. The van der Waals surface area contributed by atoms with Crippen LogP contribution in [0.3, 0.4) is 0 Å². The zero-order chi connectivity index (χ0) is 14.0. The molecule has 104 valence electrons. The number of piperidine rings is 1. The Morgan fingerprint density at radius 3 is 2.70 bits per heavy atom. The highest BCUT2D eigenvalue weighted by atomic mass is 16.2. The number of amides is 1. The molecule has 1 heterocycles. The van der Waals surface area contributed by atoms with Crippen LogP contribution in [0.4, 0.5) is 5.69 Å². The lowest BCUT2D eigenvalue weighted by Gasteiger charge is -2.23.